The number of carbonyl (C=O) groups is 1. The number of hydrogen-bond acceptors (Lipinski definition) is 3. The number of allylic oxidation sites excluding steroid dienone is 1. The molecule has 0 N–H and O–H groups in total. The maximum Gasteiger partial charge on any atom is 1.00 e. The molecule has 16 heavy (non-hydrogen) atoms. The summed E-state index contributed by atoms with van der Waals surface area (Å²) in [4.78, 5) is 10.9. The molecule has 0 unspecified atom stereocenters. The zero-order valence-electron chi connectivity index (χ0n) is 10.7. The number of rotatable bonds is 3. The Morgan fingerprint density at radius 2 is 1.88 bits per heavy atom. The van der Waals surface area contributed by atoms with E-state index < -0.39 is 0 Å². The molecule has 0 amide bonds. The van der Waals surface area contributed by atoms with Crippen molar-refractivity contribution in [1.82, 2.24) is 0 Å². The molecule has 1 fully saturated rings. The van der Waals surface area contributed by atoms with Crippen molar-refractivity contribution in [2.75, 3.05) is 13.2 Å². The molecule has 1 aliphatic rings. The Morgan fingerprint density at radius 3 is 2.31 bits per heavy atom. The van der Waals surface area contributed by atoms with Crippen LogP contribution in [0.1, 0.15) is 39.5 Å². The summed E-state index contributed by atoms with van der Waals surface area (Å²) in [5, 5.41) is 8.93. The van der Waals surface area contributed by atoms with Crippen LogP contribution in [0.15, 0.2) is 12.2 Å². The van der Waals surface area contributed by atoms with E-state index in [1.165, 1.54) is 25.7 Å². The third-order valence-electron chi connectivity index (χ3n) is 2.19. The van der Waals surface area contributed by atoms with Gasteiger partial charge in [-0.25, -0.2) is 4.79 Å². The van der Waals surface area contributed by atoms with Gasteiger partial charge in [0.1, 0.15) is 0 Å². The summed E-state index contributed by atoms with van der Waals surface area (Å²) >= 11 is 0. The zero-order chi connectivity index (χ0) is 11.5. The van der Waals surface area contributed by atoms with Crippen LogP contribution >= 0.6 is 0 Å². The van der Waals surface area contributed by atoms with Crippen LogP contribution in [-0.4, -0.2) is 19.2 Å². The van der Waals surface area contributed by atoms with E-state index in [1.54, 1.807) is 13.0 Å². The van der Waals surface area contributed by atoms with E-state index >= 15 is 0 Å². The Hall–Kier alpha value is 0.170. The van der Waals surface area contributed by atoms with E-state index in [9.17, 15) is 4.79 Å². The Balaban J connectivity index is 0. The van der Waals surface area contributed by atoms with Crippen molar-refractivity contribution in [1.29, 1.82) is 0 Å². The normalized spacial score (nSPS) is 15.2. The van der Waals surface area contributed by atoms with Crippen LogP contribution in [0.2, 0.25) is 0 Å². The van der Waals surface area contributed by atoms with Gasteiger partial charge in [-0.15, -0.1) is 6.61 Å². The van der Waals surface area contributed by atoms with Crippen LogP contribution in [0, 0.1) is 5.92 Å². The summed E-state index contributed by atoms with van der Waals surface area (Å²) in [5.74, 6) is 0.416. The third-order valence-corrected chi connectivity index (χ3v) is 2.19. The average molecular weight is 236 g/mol. The first kappa shape index (κ1) is 18.5. The molecule has 0 heterocycles. The minimum absolute atomic E-state index is 0. The van der Waals surface area contributed by atoms with Gasteiger partial charge in [0.05, 0.1) is 6.61 Å². The standard InChI is InChI=1S/C10H16O2.C2H5O.Na/c1-2-12-10(11)8-7-9-5-3-4-6-9;1-2-3;/h7-9H,2-6H2,1H3;2H2,1H3;/q;-1;+1. The van der Waals surface area contributed by atoms with Gasteiger partial charge in [-0.1, -0.05) is 25.8 Å². The molecule has 0 radical (unpaired) electrons. The maximum atomic E-state index is 10.9. The van der Waals surface area contributed by atoms with Gasteiger partial charge in [0.15, 0.2) is 0 Å². The smallest absolute Gasteiger partial charge is 0.855 e. The van der Waals surface area contributed by atoms with Gasteiger partial charge in [-0.05, 0) is 25.7 Å². The minimum Gasteiger partial charge on any atom is -0.855 e. The van der Waals surface area contributed by atoms with Gasteiger partial charge in [-0.3, -0.25) is 0 Å². The second-order valence-corrected chi connectivity index (χ2v) is 3.44. The molecule has 3 nitrogen and oxygen atoms in total. The fourth-order valence-electron chi connectivity index (χ4n) is 1.55. The molecule has 0 aliphatic heterocycles. The molecule has 1 rings (SSSR count). The van der Waals surface area contributed by atoms with E-state index in [0.717, 1.165) is 0 Å². The molecule has 1 aliphatic carbocycles. The summed E-state index contributed by atoms with van der Waals surface area (Å²) in [6.07, 6.45) is 8.63. The molecular weight excluding hydrogens is 215 g/mol. The first-order valence-electron chi connectivity index (χ1n) is 5.67. The van der Waals surface area contributed by atoms with Gasteiger partial charge in [-0.2, -0.15) is 0 Å². The molecule has 0 bridgehead atoms. The van der Waals surface area contributed by atoms with Crippen molar-refractivity contribution >= 4 is 5.97 Å². The van der Waals surface area contributed by atoms with Crippen LogP contribution in [0.25, 0.3) is 0 Å². The van der Waals surface area contributed by atoms with Crippen LogP contribution < -0.4 is 34.7 Å². The molecular formula is C12H21NaO3. The SMILES string of the molecule is CCOC(=O)C=CC1CCCC1.CC[O-].[Na+]. The van der Waals surface area contributed by atoms with Crippen LogP contribution in [0.4, 0.5) is 0 Å². The van der Waals surface area contributed by atoms with Gasteiger partial charge >= 0.3 is 35.5 Å². The van der Waals surface area contributed by atoms with Crippen LogP contribution in [0.3, 0.4) is 0 Å². The number of carbonyl (C=O) groups excluding carboxylic acids is 1. The van der Waals surface area contributed by atoms with Crippen molar-refractivity contribution in [3.05, 3.63) is 12.2 Å². The fraction of sp³-hybridized carbons (Fsp3) is 0.750. The largest absolute Gasteiger partial charge is 1.00 e. The average Bonchev–Trinajstić information content (AvgIpc) is 2.69. The van der Waals surface area contributed by atoms with Crippen LogP contribution in [0.5, 0.6) is 0 Å². The molecule has 0 aromatic heterocycles. The Kier molecular flexibility index (Phi) is 15.3. The first-order valence-corrected chi connectivity index (χ1v) is 5.67. The molecule has 0 saturated heterocycles. The van der Waals surface area contributed by atoms with Crippen molar-refractivity contribution in [2.24, 2.45) is 5.92 Å². The number of hydrogen-bond donors (Lipinski definition) is 0. The quantitative estimate of drug-likeness (QED) is 0.346. The van der Waals surface area contributed by atoms with Crippen molar-refractivity contribution < 1.29 is 44.2 Å². The minimum atomic E-state index is -0.204. The number of ether oxygens (including phenoxy) is 1. The third kappa shape index (κ3) is 10.7. The Labute approximate surface area is 121 Å². The van der Waals surface area contributed by atoms with Crippen LogP contribution in [-0.2, 0) is 9.53 Å². The molecule has 88 valence electrons. The molecule has 1 saturated carbocycles. The topological polar surface area (TPSA) is 49.4 Å². The monoisotopic (exact) mass is 236 g/mol. The molecule has 0 aromatic rings. The predicted octanol–water partition coefficient (Wildman–Crippen LogP) is -1.33. The van der Waals surface area contributed by atoms with Crippen molar-refractivity contribution in [2.45, 2.75) is 39.5 Å². The van der Waals surface area contributed by atoms with Crippen molar-refractivity contribution in [3.63, 3.8) is 0 Å². The second-order valence-electron chi connectivity index (χ2n) is 3.44. The van der Waals surface area contributed by atoms with Gasteiger partial charge in [0.25, 0.3) is 0 Å². The summed E-state index contributed by atoms with van der Waals surface area (Å²) in [7, 11) is 0. The summed E-state index contributed by atoms with van der Waals surface area (Å²) in [6, 6.07) is 0. The first-order chi connectivity index (χ1) is 7.24. The summed E-state index contributed by atoms with van der Waals surface area (Å²) in [6.45, 7) is 3.86. The fourth-order valence-corrected chi connectivity index (χ4v) is 1.55. The van der Waals surface area contributed by atoms with Crippen molar-refractivity contribution in [3.8, 4) is 0 Å². The summed E-state index contributed by atoms with van der Waals surface area (Å²) < 4.78 is 4.78. The van der Waals surface area contributed by atoms with E-state index in [0.29, 0.717) is 12.5 Å². The molecule has 4 heteroatoms. The Bertz CT molecular complexity index is 187. The molecule has 0 atom stereocenters. The predicted molar refractivity (Wildman–Crippen MR) is 58.3 cm³/mol. The summed E-state index contributed by atoms with van der Waals surface area (Å²) in [5.41, 5.74) is 0. The van der Waals surface area contributed by atoms with E-state index in [1.807, 2.05) is 13.0 Å². The van der Waals surface area contributed by atoms with Gasteiger partial charge in [0, 0.05) is 6.08 Å². The van der Waals surface area contributed by atoms with E-state index in [4.69, 9.17) is 9.84 Å². The van der Waals surface area contributed by atoms with Gasteiger partial charge < -0.3 is 9.84 Å². The van der Waals surface area contributed by atoms with E-state index in [2.05, 4.69) is 0 Å². The van der Waals surface area contributed by atoms with E-state index in [-0.39, 0.29) is 42.1 Å². The Morgan fingerprint density at radius 1 is 1.38 bits per heavy atom. The number of esters is 1. The molecule has 0 aromatic carbocycles. The second kappa shape index (κ2) is 13.2. The van der Waals surface area contributed by atoms with Gasteiger partial charge in [0.2, 0.25) is 0 Å². The zero-order valence-corrected chi connectivity index (χ0v) is 12.7. The molecule has 0 spiro atoms. The maximum absolute atomic E-state index is 10.9.